The van der Waals surface area contributed by atoms with Gasteiger partial charge in [0.25, 0.3) is 5.91 Å². The van der Waals surface area contributed by atoms with E-state index in [2.05, 4.69) is 23.8 Å². The molecule has 5 nitrogen and oxygen atoms in total. The molecule has 0 aliphatic carbocycles. The minimum atomic E-state index is -0.205. The maximum Gasteiger partial charge on any atom is 0.305 e. The van der Waals surface area contributed by atoms with Crippen LogP contribution in [0.1, 0.15) is 42.4 Å². The number of benzene rings is 2. The summed E-state index contributed by atoms with van der Waals surface area (Å²) in [6.45, 7) is 3.12. The van der Waals surface area contributed by atoms with Crippen LogP contribution in [0.25, 0.3) is 6.08 Å². The molecule has 1 aliphatic rings. The van der Waals surface area contributed by atoms with Gasteiger partial charge in [0.15, 0.2) is 0 Å². The largest absolute Gasteiger partial charge is 0.489 e. The number of aryl methyl sites for hydroxylation is 1. The van der Waals surface area contributed by atoms with Gasteiger partial charge in [0.05, 0.1) is 12.0 Å². The van der Waals surface area contributed by atoms with E-state index in [0.717, 1.165) is 36.1 Å². The van der Waals surface area contributed by atoms with Crippen molar-refractivity contribution in [1.82, 2.24) is 4.90 Å². The average Bonchev–Trinajstić information content (AvgIpc) is 3.05. The highest BCUT2D eigenvalue weighted by Gasteiger charge is 2.31. The van der Waals surface area contributed by atoms with Crippen LogP contribution in [0, 0.1) is 6.92 Å². The van der Waals surface area contributed by atoms with Crippen molar-refractivity contribution in [2.75, 3.05) is 13.7 Å². The summed E-state index contributed by atoms with van der Waals surface area (Å²) in [5.41, 5.74) is 3.23. The van der Waals surface area contributed by atoms with Gasteiger partial charge in [0, 0.05) is 13.0 Å². The molecule has 7 heteroatoms. The summed E-state index contributed by atoms with van der Waals surface area (Å²) in [6.07, 6.45) is 4.63. The number of hydrogen-bond donors (Lipinski definition) is 0. The van der Waals surface area contributed by atoms with Crippen LogP contribution in [0.3, 0.4) is 0 Å². The molecule has 0 unspecified atom stereocenters. The van der Waals surface area contributed by atoms with Gasteiger partial charge in [0.2, 0.25) is 0 Å². The molecular formula is C25H27NO4S2. The predicted molar refractivity (Wildman–Crippen MR) is 132 cm³/mol. The summed E-state index contributed by atoms with van der Waals surface area (Å²) in [5, 5.41) is 0. The Bertz CT molecular complexity index is 1020. The number of rotatable bonds is 10. The summed E-state index contributed by atoms with van der Waals surface area (Å²) in [5.74, 6) is 0.478. The number of carbonyl (C=O) groups excluding carboxylic acids is 2. The number of ether oxygens (including phenoxy) is 2. The first kappa shape index (κ1) is 24.0. The average molecular weight is 470 g/mol. The normalized spacial score (nSPS) is 14.8. The number of thioether (sulfide) groups is 1. The predicted octanol–water partition coefficient (Wildman–Crippen LogP) is 5.51. The van der Waals surface area contributed by atoms with Gasteiger partial charge in [-0.3, -0.25) is 14.5 Å². The summed E-state index contributed by atoms with van der Waals surface area (Å²) >= 11 is 6.73. The second kappa shape index (κ2) is 11.8. The highest BCUT2D eigenvalue weighted by Crippen LogP contribution is 2.33. The molecule has 1 saturated heterocycles. The standard InChI is InChI=1S/C25H27NO4S2/c1-18-9-5-6-11-20(18)17-30-21-12-8-10-19(15-21)16-22-24(28)26(25(31)32-22)14-7-3-4-13-23(27)29-2/h5-6,8-12,15-16H,3-4,7,13-14,17H2,1-2H3/b22-16+. The van der Waals surface area contributed by atoms with Crippen molar-refractivity contribution in [3.63, 3.8) is 0 Å². The molecule has 0 spiro atoms. The Labute approximate surface area is 198 Å². The van der Waals surface area contributed by atoms with E-state index in [1.54, 1.807) is 4.90 Å². The fraction of sp³-hybridized carbons (Fsp3) is 0.320. The van der Waals surface area contributed by atoms with Gasteiger partial charge in [-0.05, 0) is 54.7 Å². The minimum absolute atomic E-state index is 0.0702. The van der Waals surface area contributed by atoms with Gasteiger partial charge < -0.3 is 9.47 Å². The molecule has 168 valence electrons. The van der Waals surface area contributed by atoms with E-state index < -0.39 is 0 Å². The topological polar surface area (TPSA) is 55.8 Å². The zero-order chi connectivity index (χ0) is 22.9. The molecule has 0 radical (unpaired) electrons. The van der Waals surface area contributed by atoms with Crippen molar-refractivity contribution in [3.05, 3.63) is 70.1 Å². The van der Waals surface area contributed by atoms with Crippen molar-refractivity contribution in [3.8, 4) is 5.75 Å². The molecule has 1 fully saturated rings. The fourth-order valence-corrected chi connectivity index (χ4v) is 4.60. The third-order valence-electron chi connectivity index (χ3n) is 5.18. The highest BCUT2D eigenvalue weighted by molar-refractivity contribution is 8.26. The highest BCUT2D eigenvalue weighted by atomic mass is 32.2. The van der Waals surface area contributed by atoms with Crippen molar-refractivity contribution in [1.29, 1.82) is 0 Å². The van der Waals surface area contributed by atoms with E-state index in [4.69, 9.17) is 17.0 Å². The van der Waals surface area contributed by atoms with Gasteiger partial charge in [-0.25, -0.2) is 0 Å². The van der Waals surface area contributed by atoms with E-state index in [1.807, 2.05) is 42.5 Å². The molecule has 2 aromatic carbocycles. The Morgan fingerprint density at radius 2 is 1.94 bits per heavy atom. The first-order valence-electron chi connectivity index (χ1n) is 10.6. The smallest absolute Gasteiger partial charge is 0.305 e. The van der Waals surface area contributed by atoms with Crippen LogP contribution in [0.2, 0.25) is 0 Å². The number of esters is 1. The van der Waals surface area contributed by atoms with Gasteiger partial charge in [-0.2, -0.15) is 0 Å². The van der Waals surface area contributed by atoms with Crippen molar-refractivity contribution in [2.45, 2.75) is 39.2 Å². The summed E-state index contributed by atoms with van der Waals surface area (Å²) in [4.78, 5) is 26.2. The number of unbranched alkanes of at least 4 members (excludes halogenated alkanes) is 2. The molecule has 0 bridgehead atoms. The zero-order valence-corrected chi connectivity index (χ0v) is 20.0. The maximum atomic E-state index is 12.8. The SMILES string of the molecule is COC(=O)CCCCCN1C(=O)/C(=C\c2cccc(OCc3ccccc3C)c2)SC1=S. The second-order valence-electron chi connectivity index (χ2n) is 7.51. The molecule has 0 saturated carbocycles. The Balaban J connectivity index is 1.56. The van der Waals surface area contributed by atoms with Crippen LogP contribution < -0.4 is 4.74 Å². The van der Waals surface area contributed by atoms with Crippen molar-refractivity contribution < 1.29 is 19.1 Å². The molecule has 0 aromatic heterocycles. The molecule has 1 heterocycles. The fourth-order valence-electron chi connectivity index (χ4n) is 3.29. The zero-order valence-electron chi connectivity index (χ0n) is 18.3. The Hall–Kier alpha value is -2.64. The van der Waals surface area contributed by atoms with Gasteiger partial charge in [-0.15, -0.1) is 0 Å². The Kier molecular flexibility index (Phi) is 8.88. The number of hydrogen-bond acceptors (Lipinski definition) is 6. The number of nitrogens with zero attached hydrogens (tertiary/aromatic N) is 1. The van der Waals surface area contributed by atoms with E-state index in [9.17, 15) is 9.59 Å². The third-order valence-corrected chi connectivity index (χ3v) is 6.55. The number of amides is 1. The molecular weight excluding hydrogens is 442 g/mol. The lowest BCUT2D eigenvalue weighted by atomic mass is 10.1. The van der Waals surface area contributed by atoms with Crippen molar-refractivity contribution >= 4 is 46.3 Å². The van der Waals surface area contributed by atoms with Crippen LogP contribution in [-0.4, -0.2) is 34.8 Å². The first-order chi connectivity index (χ1) is 15.5. The summed E-state index contributed by atoms with van der Waals surface area (Å²) < 4.78 is 11.2. The monoisotopic (exact) mass is 469 g/mol. The molecule has 1 aliphatic heterocycles. The van der Waals surface area contributed by atoms with Crippen LogP contribution in [-0.2, 0) is 20.9 Å². The van der Waals surface area contributed by atoms with Gasteiger partial charge in [0.1, 0.15) is 16.7 Å². The second-order valence-corrected chi connectivity index (χ2v) is 9.18. The molecule has 2 aromatic rings. The van der Waals surface area contributed by atoms with Crippen LogP contribution in [0.15, 0.2) is 53.4 Å². The van der Waals surface area contributed by atoms with E-state index in [-0.39, 0.29) is 11.9 Å². The quantitative estimate of drug-likeness (QED) is 0.198. The minimum Gasteiger partial charge on any atom is -0.489 e. The number of methoxy groups -OCH3 is 1. The molecule has 0 atom stereocenters. The van der Waals surface area contributed by atoms with Crippen LogP contribution >= 0.6 is 24.0 Å². The molecule has 32 heavy (non-hydrogen) atoms. The third kappa shape index (κ3) is 6.68. The molecule has 0 N–H and O–H groups in total. The van der Waals surface area contributed by atoms with Crippen LogP contribution in [0.5, 0.6) is 5.75 Å². The maximum absolute atomic E-state index is 12.8. The number of thiocarbonyl (C=S) groups is 1. The first-order valence-corrected chi connectivity index (χ1v) is 11.8. The lowest BCUT2D eigenvalue weighted by Gasteiger charge is -2.13. The van der Waals surface area contributed by atoms with E-state index in [0.29, 0.717) is 28.8 Å². The van der Waals surface area contributed by atoms with Crippen LogP contribution in [0.4, 0.5) is 0 Å². The Morgan fingerprint density at radius 3 is 2.72 bits per heavy atom. The van der Waals surface area contributed by atoms with E-state index >= 15 is 0 Å². The van der Waals surface area contributed by atoms with E-state index in [1.165, 1.54) is 24.4 Å². The lowest BCUT2D eigenvalue weighted by Crippen LogP contribution is -2.29. The Morgan fingerprint density at radius 1 is 1.12 bits per heavy atom. The number of carbonyl (C=O) groups is 2. The van der Waals surface area contributed by atoms with Gasteiger partial charge in [-0.1, -0.05) is 66.8 Å². The molecule has 3 rings (SSSR count). The van der Waals surface area contributed by atoms with Gasteiger partial charge >= 0.3 is 5.97 Å². The van der Waals surface area contributed by atoms with Crippen molar-refractivity contribution in [2.24, 2.45) is 0 Å². The summed E-state index contributed by atoms with van der Waals surface area (Å²) in [7, 11) is 1.39. The summed E-state index contributed by atoms with van der Waals surface area (Å²) in [6, 6.07) is 15.8. The lowest BCUT2D eigenvalue weighted by molar-refractivity contribution is -0.140. The molecule has 1 amide bonds.